The van der Waals surface area contributed by atoms with E-state index in [9.17, 15) is 13.2 Å². The van der Waals surface area contributed by atoms with Gasteiger partial charge in [-0.1, -0.05) is 0 Å². The molecule has 2 aromatic heterocycles. The number of hydrogen-bond acceptors (Lipinski definition) is 4. The summed E-state index contributed by atoms with van der Waals surface area (Å²) >= 11 is 0. The van der Waals surface area contributed by atoms with Gasteiger partial charge in [0.1, 0.15) is 4.90 Å². The van der Waals surface area contributed by atoms with Crippen molar-refractivity contribution in [3.05, 3.63) is 35.4 Å². The molecule has 1 saturated heterocycles. The third-order valence-electron chi connectivity index (χ3n) is 4.47. The fourth-order valence-electron chi connectivity index (χ4n) is 3.19. The molecule has 0 saturated carbocycles. The molecule has 1 amide bonds. The predicted molar refractivity (Wildman–Crippen MR) is 92.5 cm³/mol. The molecular weight excluding hydrogens is 342 g/mol. The molecule has 8 nitrogen and oxygen atoms in total. The quantitative estimate of drug-likeness (QED) is 0.837. The highest BCUT2D eigenvalue weighted by Gasteiger charge is 2.31. The molecule has 9 heteroatoms. The molecule has 3 rings (SSSR count). The van der Waals surface area contributed by atoms with Gasteiger partial charge in [0, 0.05) is 38.1 Å². The molecule has 0 spiro atoms. The van der Waals surface area contributed by atoms with Gasteiger partial charge >= 0.3 is 0 Å². The van der Waals surface area contributed by atoms with Crippen LogP contribution in [0.2, 0.25) is 0 Å². The van der Waals surface area contributed by atoms with Crippen molar-refractivity contribution in [3.8, 4) is 0 Å². The molecular formula is C16H23N5O3S. The van der Waals surface area contributed by atoms with Crippen molar-refractivity contribution < 1.29 is 13.2 Å². The molecule has 1 fully saturated rings. The number of carbonyl (C=O) groups is 1. The molecule has 2 aromatic rings. The van der Waals surface area contributed by atoms with Crippen LogP contribution in [0.5, 0.6) is 0 Å². The summed E-state index contributed by atoms with van der Waals surface area (Å²) < 4.78 is 27.3. The number of carbonyl (C=O) groups excluding carboxylic acids is 1. The lowest BCUT2D eigenvalue weighted by atomic mass is 10.2. The van der Waals surface area contributed by atoms with Gasteiger partial charge in [-0.3, -0.25) is 9.89 Å². The summed E-state index contributed by atoms with van der Waals surface area (Å²) in [6.07, 6.45) is 2.71. The molecule has 1 aliphatic heterocycles. The maximum Gasteiger partial charge on any atom is 0.246 e. The Bertz CT molecular complexity index is 822. The average molecular weight is 365 g/mol. The molecule has 0 atom stereocenters. The zero-order chi connectivity index (χ0) is 18.0. The number of nitrogens with zero attached hydrogens (tertiary/aromatic N) is 3. The van der Waals surface area contributed by atoms with Crippen molar-refractivity contribution in [1.82, 2.24) is 24.4 Å². The van der Waals surface area contributed by atoms with Crippen LogP contribution >= 0.6 is 0 Å². The molecule has 25 heavy (non-hydrogen) atoms. The zero-order valence-corrected chi connectivity index (χ0v) is 15.3. The van der Waals surface area contributed by atoms with Crippen LogP contribution in [0, 0.1) is 13.8 Å². The van der Waals surface area contributed by atoms with Crippen LogP contribution in [-0.2, 0) is 21.2 Å². The second-order valence-corrected chi connectivity index (χ2v) is 8.15. The Hall–Kier alpha value is -2.13. The van der Waals surface area contributed by atoms with Crippen LogP contribution in [-0.4, -0.2) is 64.9 Å². The van der Waals surface area contributed by atoms with Crippen LogP contribution < -0.4 is 0 Å². The highest BCUT2D eigenvalue weighted by atomic mass is 32.2. The first-order chi connectivity index (χ1) is 11.9. The Kier molecular flexibility index (Phi) is 4.96. The minimum atomic E-state index is -3.61. The molecule has 0 aliphatic carbocycles. The van der Waals surface area contributed by atoms with Crippen LogP contribution in [0.1, 0.15) is 23.5 Å². The number of aromatic amines is 2. The fourth-order valence-corrected chi connectivity index (χ4v) is 4.99. The van der Waals surface area contributed by atoms with E-state index in [0.717, 1.165) is 5.69 Å². The Labute approximate surface area is 147 Å². The number of aryl methyl sites for hydroxylation is 2. The van der Waals surface area contributed by atoms with Gasteiger partial charge in [-0.15, -0.1) is 0 Å². The zero-order valence-electron chi connectivity index (χ0n) is 14.4. The van der Waals surface area contributed by atoms with E-state index in [1.165, 1.54) is 4.31 Å². The van der Waals surface area contributed by atoms with E-state index in [1.807, 2.05) is 12.1 Å². The number of amides is 1. The number of nitrogens with one attached hydrogen (secondary N) is 2. The van der Waals surface area contributed by atoms with Gasteiger partial charge in [-0.2, -0.15) is 9.40 Å². The lowest BCUT2D eigenvalue weighted by Gasteiger charge is -2.22. The number of hydrogen-bond donors (Lipinski definition) is 2. The van der Waals surface area contributed by atoms with E-state index in [-0.39, 0.29) is 10.8 Å². The van der Waals surface area contributed by atoms with Crippen molar-refractivity contribution in [2.45, 2.75) is 31.6 Å². The van der Waals surface area contributed by atoms with E-state index in [2.05, 4.69) is 15.2 Å². The van der Waals surface area contributed by atoms with E-state index >= 15 is 0 Å². The molecule has 0 bridgehead atoms. The lowest BCUT2D eigenvalue weighted by Crippen LogP contribution is -2.38. The Morgan fingerprint density at radius 2 is 2.04 bits per heavy atom. The van der Waals surface area contributed by atoms with E-state index in [4.69, 9.17) is 0 Å². The van der Waals surface area contributed by atoms with Crippen molar-refractivity contribution >= 4 is 15.9 Å². The molecule has 3 heterocycles. The Morgan fingerprint density at radius 1 is 1.24 bits per heavy atom. The van der Waals surface area contributed by atoms with E-state index in [1.54, 1.807) is 24.9 Å². The molecule has 0 unspecified atom stereocenters. The van der Waals surface area contributed by atoms with Gasteiger partial charge in [0.15, 0.2) is 0 Å². The van der Waals surface area contributed by atoms with Gasteiger partial charge in [0.25, 0.3) is 0 Å². The Morgan fingerprint density at radius 3 is 2.68 bits per heavy atom. The van der Waals surface area contributed by atoms with Gasteiger partial charge in [-0.25, -0.2) is 8.42 Å². The normalized spacial score (nSPS) is 16.8. The second kappa shape index (κ2) is 7.01. The highest BCUT2D eigenvalue weighted by Crippen LogP contribution is 2.22. The van der Waals surface area contributed by atoms with Crippen molar-refractivity contribution in [2.75, 3.05) is 26.2 Å². The van der Waals surface area contributed by atoms with Crippen molar-refractivity contribution in [1.29, 1.82) is 0 Å². The molecule has 2 N–H and O–H groups in total. The summed E-state index contributed by atoms with van der Waals surface area (Å²) in [5.41, 5.74) is 1.88. The number of aromatic nitrogens is 3. The minimum Gasteiger partial charge on any atom is -0.365 e. The summed E-state index contributed by atoms with van der Waals surface area (Å²) in [5, 5.41) is 6.71. The van der Waals surface area contributed by atoms with Gasteiger partial charge in [0.2, 0.25) is 15.9 Å². The van der Waals surface area contributed by atoms with Gasteiger partial charge < -0.3 is 9.88 Å². The largest absolute Gasteiger partial charge is 0.365 e. The first kappa shape index (κ1) is 17.7. The number of sulfonamides is 1. The second-order valence-electron chi connectivity index (χ2n) is 6.27. The maximum atomic E-state index is 12.9. The van der Waals surface area contributed by atoms with Crippen LogP contribution in [0.15, 0.2) is 23.2 Å². The predicted octanol–water partition coefficient (Wildman–Crippen LogP) is 0.820. The van der Waals surface area contributed by atoms with Crippen molar-refractivity contribution in [2.24, 2.45) is 0 Å². The summed E-state index contributed by atoms with van der Waals surface area (Å²) in [6, 6.07) is 3.73. The summed E-state index contributed by atoms with van der Waals surface area (Å²) in [6.45, 7) is 5.04. The first-order valence-electron chi connectivity index (χ1n) is 8.31. The minimum absolute atomic E-state index is 0.0115. The van der Waals surface area contributed by atoms with E-state index in [0.29, 0.717) is 50.4 Å². The summed E-state index contributed by atoms with van der Waals surface area (Å²) in [7, 11) is -3.61. The molecule has 0 radical (unpaired) electrons. The van der Waals surface area contributed by atoms with Crippen molar-refractivity contribution in [3.63, 3.8) is 0 Å². The highest BCUT2D eigenvalue weighted by molar-refractivity contribution is 7.89. The number of H-pyrrole nitrogens is 2. The van der Waals surface area contributed by atoms with Crippen LogP contribution in [0.25, 0.3) is 0 Å². The lowest BCUT2D eigenvalue weighted by molar-refractivity contribution is -0.130. The Balaban J connectivity index is 1.70. The molecule has 1 aliphatic rings. The first-order valence-corrected chi connectivity index (χ1v) is 9.75. The SMILES string of the molecule is Cc1n[nH]c(C)c1S(=O)(=O)N1CCCN(C(=O)Cc2ccc[nH]2)CC1. The van der Waals surface area contributed by atoms with E-state index < -0.39 is 10.0 Å². The topological polar surface area (TPSA) is 102 Å². The molecule has 136 valence electrons. The standard InChI is InChI=1S/C16H23N5O3S/c1-12-16(13(2)19-18-12)25(23,24)21-8-4-7-20(9-10-21)15(22)11-14-5-3-6-17-14/h3,5-6,17H,4,7-11H2,1-2H3,(H,18,19). The average Bonchev–Trinajstić information content (AvgIpc) is 3.09. The third-order valence-corrected chi connectivity index (χ3v) is 6.63. The molecule has 0 aromatic carbocycles. The maximum absolute atomic E-state index is 12.9. The van der Waals surface area contributed by atoms with Gasteiger partial charge in [-0.05, 0) is 32.4 Å². The fraction of sp³-hybridized carbons (Fsp3) is 0.500. The smallest absolute Gasteiger partial charge is 0.246 e. The third kappa shape index (κ3) is 3.62. The van der Waals surface area contributed by atoms with Gasteiger partial charge in [0.05, 0.1) is 17.8 Å². The number of rotatable bonds is 4. The van der Waals surface area contributed by atoms with Crippen LogP contribution in [0.4, 0.5) is 0 Å². The van der Waals surface area contributed by atoms with Crippen LogP contribution in [0.3, 0.4) is 0 Å². The monoisotopic (exact) mass is 365 g/mol. The summed E-state index contributed by atoms with van der Waals surface area (Å²) in [4.78, 5) is 17.4. The summed E-state index contributed by atoms with van der Waals surface area (Å²) in [5.74, 6) is 0.0115.